The molecule has 7 nitrogen and oxygen atoms in total. The van der Waals surface area contributed by atoms with Crippen molar-refractivity contribution in [2.75, 3.05) is 18.0 Å². The summed E-state index contributed by atoms with van der Waals surface area (Å²) in [7, 11) is 0. The molecule has 0 aliphatic carbocycles. The predicted octanol–water partition coefficient (Wildman–Crippen LogP) is 3.13. The van der Waals surface area contributed by atoms with E-state index in [9.17, 15) is 9.18 Å². The molecule has 3 aliphatic heterocycles. The van der Waals surface area contributed by atoms with Crippen molar-refractivity contribution in [2.45, 2.75) is 39.2 Å². The monoisotopic (exact) mass is 380 g/mol. The summed E-state index contributed by atoms with van der Waals surface area (Å²) in [6, 6.07) is 3.99. The van der Waals surface area contributed by atoms with Crippen molar-refractivity contribution in [2.24, 2.45) is 4.99 Å². The van der Waals surface area contributed by atoms with Crippen LogP contribution in [0.3, 0.4) is 0 Å². The Morgan fingerprint density at radius 3 is 2.68 bits per heavy atom. The van der Waals surface area contributed by atoms with Gasteiger partial charge >= 0.3 is 0 Å². The van der Waals surface area contributed by atoms with Gasteiger partial charge in [0.05, 0.1) is 35.4 Å². The number of carbonyl (C=O) groups is 1. The zero-order chi connectivity index (χ0) is 19.3. The van der Waals surface area contributed by atoms with Crippen molar-refractivity contribution >= 4 is 17.7 Å². The number of aliphatic imine (C=N–C) groups is 1. The Kier molecular flexibility index (Phi) is 3.99. The van der Waals surface area contributed by atoms with Crippen molar-refractivity contribution in [1.29, 1.82) is 0 Å². The van der Waals surface area contributed by atoms with Crippen LogP contribution >= 0.6 is 0 Å². The van der Waals surface area contributed by atoms with E-state index >= 15 is 0 Å². The number of amides is 1. The summed E-state index contributed by atoms with van der Waals surface area (Å²) in [5.41, 5.74) is 2.85. The second-order valence-corrected chi connectivity index (χ2v) is 7.37. The molecule has 144 valence electrons. The number of hydrogen-bond acceptors (Lipinski definition) is 5. The molecule has 0 spiro atoms. The van der Waals surface area contributed by atoms with E-state index in [1.165, 1.54) is 17.7 Å². The summed E-state index contributed by atoms with van der Waals surface area (Å²) in [5.74, 6) is 0.755. The Labute approximate surface area is 162 Å². The minimum Gasteiger partial charge on any atom is -0.357 e. The Hall–Kier alpha value is -3.03. The first-order valence-corrected chi connectivity index (χ1v) is 9.67. The minimum atomic E-state index is -0.430. The number of rotatable bonds is 3. The maximum absolute atomic E-state index is 13.5. The Morgan fingerprint density at radius 2 is 2.00 bits per heavy atom. The molecule has 28 heavy (non-hydrogen) atoms. The summed E-state index contributed by atoms with van der Waals surface area (Å²) in [4.78, 5) is 25.2. The average Bonchev–Trinajstić information content (AvgIpc) is 3.41. The summed E-state index contributed by atoms with van der Waals surface area (Å²) in [6.07, 6.45) is 6.86. The summed E-state index contributed by atoms with van der Waals surface area (Å²) >= 11 is 0. The van der Waals surface area contributed by atoms with Crippen molar-refractivity contribution in [1.82, 2.24) is 19.7 Å². The normalized spacial score (nSPS) is 19.1. The lowest BCUT2D eigenvalue weighted by Crippen LogP contribution is -2.25. The zero-order valence-corrected chi connectivity index (χ0v) is 15.7. The molecule has 1 amide bonds. The summed E-state index contributed by atoms with van der Waals surface area (Å²) in [5, 5.41) is 4.63. The van der Waals surface area contributed by atoms with E-state index in [0.717, 1.165) is 30.3 Å². The Bertz CT molecular complexity index is 1000. The molecule has 3 aliphatic rings. The van der Waals surface area contributed by atoms with E-state index in [-0.39, 0.29) is 5.91 Å². The molecule has 8 heteroatoms. The molecule has 5 heterocycles. The molecule has 1 fully saturated rings. The van der Waals surface area contributed by atoms with Gasteiger partial charge in [-0.25, -0.2) is 14.7 Å². The van der Waals surface area contributed by atoms with E-state index in [1.54, 1.807) is 17.0 Å². The third kappa shape index (κ3) is 2.71. The van der Waals surface area contributed by atoms with Gasteiger partial charge in [0.1, 0.15) is 11.6 Å². The first-order chi connectivity index (χ1) is 13.6. The SMILES string of the molecule is Cc1c2c(nn1-c1ccc(N3CCCC3)nc1)CN(C1=CCCC(F)=N1)C2=O. The molecule has 0 aromatic carbocycles. The first-order valence-electron chi connectivity index (χ1n) is 9.67. The molecule has 1 saturated heterocycles. The van der Waals surface area contributed by atoms with Crippen LogP contribution in [0.5, 0.6) is 0 Å². The molecule has 0 N–H and O–H groups in total. The number of fused-ring (bicyclic) bond motifs is 1. The topological polar surface area (TPSA) is 66.6 Å². The second-order valence-electron chi connectivity index (χ2n) is 7.37. The predicted molar refractivity (Wildman–Crippen MR) is 103 cm³/mol. The number of pyridine rings is 1. The largest absolute Gasteiger partial charge is 0.357 e. The fourth-order valence-corrected chi connectivity index (χ4v) is 4.10. The third-order valence-electron chi connectivity index (χ3n) is 5.55. The lowest BCUT2D eigenvalue weighted by molar-refractivity contribution is 0.0821. The molecule has 0 radical (unpaired) electrons. The summed E-state index contributed by atoms with van der Waals surface area (Å²) < 4.78 is 15.3. The zero-order valence-electron chi connectivity index (χ0n) is 15.7. The van der Waals surface area contributed by atoms with Crippen LogP contribution in [0.15, 0.2) is 35.2 Å². The highest BCUT2D eigenvalue weighted by molar-refractivity contribution is 6.00. The molecule has 0 atom stereocenters. The lowest BCUT2D eigenvalue weighted by Gasteiger charge is -2.19. The molecule has 0 unspecified atom stereocenters. The number of aromatic nitrogens is 3. The van der Waals surface area contributed by atoms with E-state index < -0.39 is 5.97 Å². The third-order valence-corrected chi connectivity index (χ3v) is 5.55. The van der Waals surface area contributed by atoms with E-state index in [0.29, 0.717) is 36.5 Å². The Balaban J connectivity index is 1.42. The van der Waals surface area contributed by atoms with Gasteiger partial charge in [-0.2, -0.15) is 9.49 Å². The van der Waals surface area contributed by atoms with Crippen LogP contribution in [0.1, 0.15) is 47.4 Å². The maximum atomic E-state index is 13.5. The lowest BCUT2D eigenvalue weighted by atomic mass is 10.2. The van der Waals surface area contributed by atoms with Crippen molar-refractivity contribution in [3.05, 3.63) is 47.2 Å². The van der Waals surface area contributed by atoms with Crippen LogP contribution in [0, 0.1) is 6.92 Å². The maximum Gasteiger partial charge on any atom is 0.263 e. The smallest absolute Gasteiger partial charge is 0.263 e. The second kappa shape index (κ2) is 6.54. The first kappa shape index (κ1) is 17.1. The van der Waals surface area contributed by atoms with Crippen LogP contribution in [0.2, 0.25) is 0 Å². The van der Waals surface area contributed by atoms with Crippen molar-refractivity contribution in [3.63, 3.8) is 0 Å². The Morgan fingerprint density at radius 1 is 1.18 bits per heavy atom. The number of anilines is 1. The molecule has 5 rings (SSSR count). The average molecular weight is 380 g/mol. The van der Waals surface area contributed by atoms with Gasteiger partial charge in [0, 0.05) is 19.5 Å². The minimum absolute atomic E-state index is 0.176. The van der Waals surface area contributed by atoms with E-state index in [1.807, 2.05) is 19.1 Å². The number of hydrogen-bond donors (Lipinski definition) is 0. The molecule has 2 aromatic rings. The van der Waals surface area contributed by atoms with Crippen LogP contribution in [0.4, 0.5) is 10.2 Å². The van der Waals surface area contributed by atoms with Crippen LogP contribution in [-0.2, 0) is 6.54 Å². The highest BCUT2D eigenvalue weighted by Gasteiger charge is 2.36. The molecule has 2 aromatic heterocycles. The quantitative estimate of drug-likeness (QED) is 0.821. The standard InChI is InChI=1S/C20H21FN6O/c1-13-19-15(12-26(20(19)28)18-6-4-5-16(21)23-18)24-27(13)14-7-8-17(22-11-14)25-9-2-3-10-25/h6-8,11H,2-5,9-10,12H2,1H3. The van der Waals surface area contributed by atoms with Crippen LogP contribution in [0.25, 0.3) is 5.69 Å². The van der Waals surface area contributed by atoms with Crippen molar-refractivity contribution < 1.29 is 9.18 Å². The molecule has 0 saturated carbocycles. The van der Waals surface area contributed by atoms with E-state index in [2.05, 4.69) is 20.0 Å². The van der Waals surface area contributed by atoms with Crippen molar-refractivity contribution in [3.8, 4) is 5.69 Å². The van der Waals surface area contributed by atoms with Gasteiger partial charge in [0.2, 0.25) is 0 Å². The van der Waals surface area contributed by atoms with Gasteiger partial charge in [-0.1, -0.05) is 0 Å². The molecular weight excluding hydrogens is 359 g/mol. The fourth-order valence-electron chi connectivity index (χ4n) is 4.10. The van der Waals surface area contributed by atoms with Gasteiger partial charge in [0.25, 0.3) is 5.91 Å². The summed E-state index contributed by atoms with van der Waals surface area (Å²) in [6.45, 7) is 4.28. The molecule has 0 bridgehead atoms. The highest BCUT2D eigenvalue weighted by atomic mass is 19.1. The van der Waals surface area contributed by atoms with Gasteiger partial charge in [-0.05, 0) is 44.4 Å². The van der Waals surface area contributed by atoms with Crippen LogP contribution in [-0.4, -0.2) is 44.6 Å². The number of halogens is 1. The van der Waals surface area contributed by atoms with Crippen LogP contribution < -0.4 is 4.90 Å². The number of carbonyl (C=O) groups excluding carboxylic acids is 1. The molecular formula is C20H21FN6O. The highest BCUT2D eigenvalue weighted by Crippen LogP contribution is 2.31. The van der Waals surface area contributed by atoms with Gasteiger partial charge in [0.15, 0.2) is 5.97 Å². The van der Waals surface area contributed by atoms with Gasteiger partial charge in [-0.15, -0.1) is 0 Å². The fraction of sp³-hybridized carbons (Fsp3) is 0.400. The van der Waals surface area contributed by atoms with Gasteiger partial charge in [-0.3, -0.25) is 9.69 Å². The van der Waals surface area contributed by atoms with Gasteiger partial charge < -0.3 is 4.90 Å². The number of nitrogens with zero attached hydrogens (tertiary/aromatic N) is 6. The van der Waals surface area contributed by atoms with E-state index in [4.69, 9.17) is 0 Å². The number of allylic oxidation sites excluding steroid dienone is 1.